The van der Waals surface area contributed by atoms with Gasteiger partial charge in [0.25, 0.3) is 0 Å². The number of hydrogen-bond acceptors (Lipinski definition) is 1. The second kappa shape index (κ2) is 4.50. The van der Waals surface area contributed by atoms with Crippen LogP contribution in [0.25, 0.3) is 0 Å². The Balaban J connectivity index is 2.80. The lowest BCUT2D eigenvalue weighted by atomic mass is 10.0. The highest BCUT2D eigenvalue weighted by Gasteiger charge is 2.19. The zero-order chi connectivity index (χ0) is 9.84. The molecule has 0 aromatic rings. The first-order chi connectivity index (χ1) is 6.13. The second-order valence-electron chi connectivity index (χ2n) is 4.32. The minimum Gasteiger partial charge on any atom is -0.369 e. The standard InChI is InChI=1S/C12H21N/c1-10(2)12-8-6-5-7-9-13(12)11(3)4/h6-12H,5H2,1-4H3. The van der Waals surface area contributed by atoms with Crippen LogP contribution in [0.2, 0.25) is 0 Å². The van der Waals surface area contributed by atoms with Crippen LogP contribution < -0.4 is 0 Å². The van der Waals surface area contributed by atoms with Crippen LogP contribution in [-0.4, -0.2) is 17.0 Å². The molecule has 1 heteroatoms. The average Bonchev–Trinajstić information content (AvgIpc) is 2.27. The third-order valence-corrected chi connectivity index (χ3v) is 2.51. The van der Waals surface area contributed by atoms with Crippen molar-refractivity contribution < 1.29 is 0 Å². The smallest absolute Gasteiger partial charge is 0.0493 e. The van der Waals surface area contributed by atoms with Crippen molar-refractivity contribution in [3.8, 4) is 0 Å². The van der Waals surface area contributed by atoms with E-state index < -0.39 is 0 Å². The van der Waals surface area contributed by atoms with Crippen LogP contribution >= 0.6 is 0 Å². The zero-order valence-electron chi connectivity index (χ0n) is 9.20. The van der Waals surface area contributed by atoms with Gasteiger partial charge >= 0.3 is 0 Å². The van der Waals surface area contributed by atoms with Gasteiger partial charge in [0.05, 0.1) is 0 Å². The molecule has 0 spiro atoms. The molecule has 74 valence electrons. The molecule has 13 heavy (non-hydrogen) atoms. The van der Waals surface area contributed by atoms with Gasteiger partial charge in [-0.1, -0.05) is 32.1 Å². The summed E-state index contributed by atoms with van der Waals surface area (Å²) in [6.07, 6.45) is 10.2. The van der Waals surface area contributed by atoms with Crippen molar-refractivity contribution in [3.05, 3.63) is 24.4 Å². The van der Waals surface area contributed by atoms with Gasteiger partial charge in [-0.15, -0.1) is 0 Å². The van der Waals surface area contributed by atoms with E-state index in [0.717, 1.165) is 6.42 Å². The summed E-state index contributed by atoms with van der Waals surface area (Å²) in [4.78, 5) is 2.44. The van der Waals surface area contributed by atoms with E-state index in [1.165, 1.54) is 0 Å². The molecule has 0 N–H and O–H groups in total. The van der Waals surface area contributed by atoms with Crippen LogP contribution in [0.5, 0.6) is 0 Å². The fourth-order valence-corrected chi connectivity index (χ4v) is 1.76. The van der Waals surface area contributed by atoms with Crippen LogP contribution in [-0.2, 0) is 0 Å². The van der Waals surface area contributed by atoms with Gasteiger partial charge in [-0.05, 0) is 32.4 Å². The van der Waals surface area contributed by atoms with Gasteiger partial charge in [0, 0.05) is 12.1 Å². The van der Waals surface area contributed by atoms with E-state index in [4.69, 9.17) is 0 Å². The second-order valence-corrected chi connectivity index (χ2v) is 4.32. The van der Waals surface area contributed by atoms with Gasteiger partial charge in [-0.3, -0.25) is 0 Å². The van der Waals surface area contributed by atoms with Crippen molar-refractivity contribution in [3.63, 3.8) is 0 Å². The van der Waals surface area contributed by atoms with Crippen molar-refractivity contribution in [2.24, 2.45) is 5.92 Å². The van der Waals surface area contributed by atoms with Crippen LogP contribution in [0, 0.1) is 5.92 Å². The molecule has 1 atom stereocenters. The lowest BCUT2D eigenvalue weighted by molar-refractivity contribution is 0.220. The molecular weight excluding hydrogens is 158 g/mol. The van der Waals surface area contributed by atoms with E-state index in [-0.39, 0.29) is 0 Å². The van der Waals surface area contributed by atoms with E-state index in [9.17, 15) is 0 Å². The molecule has 0 amide bonds. The maximum Gasteiger partial charge on any atom is 0.0493 e. The molecule has 0 saturated carbocycles. The lowest BCUT2D eigenvalue weighted by Gasteiger charge is -2.34. The summed E-state index contributed by atoms with van der Waals surface area (Å²) in [7, 11) is 0. The molecule has 1 aliphatic heterocycles. The Kier molecular flexibility index (Phi) is 3.58. The third-order valence-electron chi connectivity index (χ3n) is 2.51. The maximum absolute atomic E-state index is 2.44. The normalized spacial score (nSPS) is 22.9. The largest absolute Gasteiger partial charge is 0.369 e. The quantitative estimate of drug-likeness (QED) is 0.588. The summed E-state index contributed by atoms with van der Waals surface area (Å²) in [6.45, 7) is 9.06. The average molecular weight is 179 g/mol. The molecule has 0 fully saturated rings. The van der Waals surface area contributed by atoms with Crippen molar-refractivity contribution in [1.82, 2.24) is 4.90 Å². The minimum atomic E-state index is 0.568. The highest BCUT2D eigenvalue weighted by atomic mass is 15.2. The summed E-state index contributed by atoms with van der Waals surface area (Å²) in [5.41, 5.74) is 0. The molecule has 0 saturated heterocycles. The van der Waals surface area contributed by atoms with Gasteiger partial charge in [0.2, 0.25) is 0 Å². The molecule has 1 unspecified atom stereocenters. The molecule has 0 radical (unpaired) electrons. The van der Waals surface area contributed by atoms with Gasteiger partial charge < -0.3 is 4.90 Å². The molecule has 0 aliphatic carbocycles. The van der Waals surface area contributed by atoms with Gasteiger partial charge in [0.1, 0.15) is 0 Å². The van der Waals surface area contributed by atoms with Crippen LogP contribution in [0.15, 0.2) is 24.4 Å². The van der Waals surface area contributed by atoms with Crippen molar-refractivity contribution in [2.75, 3.05) is 0 Å². The Morgan fingerprint density at radius 2 is 1.85 bits per heavy atom. The minimum absolute atomic E-state index is 0.568. The van der Waals surface area contributed by atoms with Crippen LogP contribution in [0.3, 0.4) is 0 Å². The molecule has 0 aromatic carbocycles. The number of hydrogen-bond donors (Lipinski definition) is 0. The van der Waals surface area contributed by atoms with Crippen molar-refractivity contribution in [1.29, 1.82) is 0 Å². The van der Waals surface area contributed by atoms with Crippen LogP contribution in [0.1, 0.15) is 34.1 Å². The summed E-state index contributed by atoms with van der Waals surface area (Å²) >= 11 is 0. The maximum atomic E-state index is 2.44. The summed E-state index contributed by atoms with van der Waals surface area (Å²) in [5.74, 6) is 0.682. The highest BCUT2D eigenvalue weighted by Crippen LogP contribution is 2.18. The van der Waals surface area contributed by atoms with E-state index in [1.54, 1.807) is 0 Å². The van der Waals surface area contributed by atoms with Gasteiger partial charge in [-0.25, -0.2) is 0 Å². The molecule has 0 bridgehead atoms. The highest BCUT2D eigenvalue weighted by molar-refractivity contribution is 5.07. The summed E-state index contributed by atoms with van der Waals surface area (Å²) in [5, 5.41) is 0. The Morgan fingerprint density at radius 3 is 2.38 bits per heavy atom. The number of rotatable bonds is 2. The third kappa shape index (κ3) is 2.61. The topological polar surface area (TPSA) is 3.24 Å². The van der Waals surface area contributed by atoms with E-state index in [0.29, 0.717) is 18.0 Å². The SMILES string of the molecule is CC(C)C1C=CCC=CN1C(C)C. The van der Waals surface area contributed by atoms with E-state index >= 15 is 0 Å². The van der Waals surface area contributed by atoms with Crippen molar-refractivity contribution >= 4 is 0 Å². The molecule has 1 heterocycles. The van der Waals surface area contributed by atoms with Crippen LogP contribution in [0.4, 0.5) is 0 Å². The Hall–Kier alpha value is -0.720. The predicted octanol–water partition coefficient (Wildman–Crippen LogP) is 3.20. The molecular formula is C12H21N. The Bertz CT molecular complexity index is 179. The number of allylic oxidation sites excluding steroid dienone is 2. The van der Waals surface area contributed by atoms with Gasteiger partial charge in [-0.2, -0.15) is 0 Å². The lowest BCUT2D eigenvalue weighted by Crippen LogP contribution is -2.37. The molecule has 1 aliphatic rings. The first kappa shape index (κ1) is 10.4. The van der Waals surface area contributed by atoms with Crippen molar-refractivity contribution in [2.45, 2.75) is 46.2 Å². The van der Waals surface area contributed by atoms with E-state index in [2.05, 4.69) is 57.0 Å². The fraction of sp³-hybridized carbons (Fsp3) is 0.667. The molecule has 0 aromatic heterocycles. The zero-order valence-corrected chi connectivity index (χ0v) is 9.20. The Labute approximate surface area is 82.1 Å². The van der Waals surface area contributed by atoms with Gasteiger partial charge in [0.15, 0.2) is 0 Å². The summed E-state index contributed by atoms with van der Waals surface area (Å²) < 4.78 is 0. The monoisotopic (exact) mass is 179 g/mol. The Morgan fingerprint density at radius 1 is 1.15 bits per heavy atom. The number of nitrogens with zero attached hydrogens (tertiary/aromatic N) is 1. The fourth-order valence-electron chi connectivity index (χ4n) is 1.76. The predicted molar refractivity (Wildman–Crippen MR) is 58.5 cm³/mol. The first-order valence-electron chi connectivity index (χ1n) is 5.23. The summed E-state index contributed by atoms with van der Waals surface area (Å²) in [6, 6.07) is 1.16. The molecule has 1 nitrogen and oxygen atoms in total. The van der Waals surface area contributed by atoms with E-state index in [1.807, 2.05) is 0 Å². The first-order valence-corrected chi connectivity index (χ1v) is 5.23. The molecule has 1 rings (SSSR count).